The summed E-state index contributed by atoms with van der Waals surface area (Å²) >= 11 is 0. The molecule has 1 saturated heterocycles. The molecule has 3 N–H and O–H groups in total. The lowest BCUT2D eigenvalue weighted by molar-refractivity contribution is 0.465. The Bertz CT molecular complexity index is 428. The number of aromatic amines is 1. The lowest BCUT2D eigenvalue weighted by atomic mass is 10.1. The number of fused-ring (bicyclic) bond motifs is 1. The summed E-state index contributed by atoms with van der Waals surface area (Å²) in [5.41, 5.74) is 2.22. The molecule has 3 heterocycles. The van der Waals surface area contributed by atoms with Gasteiger partial charge in [-0.1, -0.05) is 0 Å². The lowest BCUT2D eigenvalue weighted by Crippen LogP contribution is -2.32. The van der Waals surface area contributed by atoms with Crippen LogP contribution in [0, 0.1) is 0 Å². The molecule has 3 rings (SSSR count). The van der Waals surface area contributed by atoms with Crippen molar-refractivity contribution in [3.8, 4) is 0 Å². The van der Waals surface area contributed by atoms with Gasteiger partial charge in [0.05, 0.1) is 12.1 Å². The molecule has 2 aliphatic rings. The van der Waals surface area contributed by atoms with Gasteiger partial charge >= 0.3 is 0 Å². The van der Waals surface area contributed by atoms with Crippen LogP contribution in [0.5, 0.6) is 0 Å². The first-order chi connectivity index (χ1) is 7.84. The largest absolute Gasteiger partial charge is 0.312 e. The smallest absolute Gasteiger partial charge is 0.271 e. The second-order valence-electron chi connectivity index (χ2n) is 4.70. The third kappa shape index (κ3) is 1.70. The molecule has 1 atom stereocenters. The quantitative estimate of drug-likeness (QED) is 0.636. The molecule has 5 heteroatoms. The molecule has 0 amide bonds. The van der Waals surface area contributed by atoms with Crippen LogP contribution in [0.3, 0.4) is 0 Å². The van der Waals surface area contributed by atoms with Gasteiger partial charge in [-0.2, -0.15) is 0 Å². The van der Waals surface area contributed by atoms with E-state index in [1.165, 1.54) is 12.8 Å². The summed E-state index contributed by atoms with van der Waals surface area (Å²) in [5.74, 6) is 0. The summed E-state index contributed by atoms with van der Waals surface area (Å²) in [6, 6.07) is 0.464. The highest BCUT2D eigenvalue weighted by Gasteiger charge is 2.20. The summed E-state index contributed by atoms with van der Waals surface area (Å²) in [6.07, 6.45) is 3.34. The fraction of sp³-hybridized carbons (Fsp3) is 0.727. The highest BCUT2D eigenvalue weighted by molar-refractivity contribution is 5.20. The molecule has 0 spiro atoms. The Morgan fingerprint density at radius 2 is 2.31 bits per heavy atom. The van der Waals surface area contributed by atoms with Gasteiger partial charge in [-0.05, 0) is 19.4 Å². The highest BCUT2D eigenvalue weighted by atomic mass is 16.1. The number of H-pyrrole nitrogens is 1. The van der Waals surface area contributed by atoms with Crippen molar-refractivity contribution >= 4 is 0 Å². The van der Waals surface area contributed by atoms with Gasteiger partial charge in [-0.15, -0.1) is 0 Å². The SMILES string of the molecule is O=c1c2c([nH]n1CC1CCCN1)CCNC2. The first kappa shape index (κ1) is 10.1. The van der Waals surface area contributed by atoms with E-state index in [2.05, 4.69) is 15.7 Å². The van der Waals surface area contributed by atoms with Crippen LogP contribution in [0.2, 0.25) is 0 Å². The molecule has 88 valence electrons. The molecule has 1 aromatic rings. The van der Waals surface area contributed by atoms with Crippen molar-refractivity contribution in [2.24, 2.45) is 0 Å². The Kier molecular flexibility index (Phi) is 2.57. The first-order valence-electron chi connectivity index (χ1n) is 6.09. The van der Waals surface area contributed by atoms with Crippen molar-refractivity contribution in [1.82, 2.24) is 20.4 Å². The monoisotopic (exact) mass is 222 g/mol. The maximum absolute atomic E-state index is 12.1. The molecule has 0 radical (unpaired) electrons. The molecule has 2 aliphatic heterocycles. The average molecular weight is 222 g/mol. The fourth-order valence-corrected chi connectivity index (χ4v) is 2.65. The lowest BCUT2D eigenvalue weighted by Gasteiger charge is -2.10. The molecule has 0 aliphatic carbocycles. The fourth-order valence-electron chi connectivity index (χ4n) is 2.65. The minimum absolute atomic E-state index is 0.163. The summed E-state index contributed by atoms with van der Waals surface area (Å²) in [7, 11) is 0. The topological polar surface area (TPSA) is 61.9 Å². The zero-order chi connectivity index (χ0) is 11.0. The van der Waals surface area contributed by atoms with Crippen LogP contribution >= 0.6 is 0 Å². The van der Waals surface area contributed by atoms with Crippen molar-refractivity contribution in [2.75, 3.05) is 13.1 Å². The van der Waals surface area contributed by atoms with Gasteiger partial charge in [0.2, 0.25) is 0 Å². The number of hydrogen-bond acceptors (Lipinski definition) is 3. The van der Waals surface area contributed by atoms with Gasteiger partial charge in [0.25, 0.3) is 5.56 Å². The van der Waals surface area contributed by atoms with E-state index in [1.807, 2.05) is 0 Å². The average Bonchev–Trinajstić information content (AvgIpc) is 2.90. The molecule has 16 heavy (non-hydrogen) atoms. The molecule has 5 nitrogen and oxygen atoms in total. The van der Waals surface area contributed by atoms with Gasteiger partial charge < -0.3 is 10.6 Å². The first-order valence-corrected chi connectivity index (χ1v) is 6.09. The second-order valence-corrected chi connectivity index (χ2v) is 4.70. The van der Waals surface area contributed by atoms with Gasteiger partial charge in [0.1, 0.15) is 0 Å². The van der Waals surface area contributed by atoms with E-state index in [4.69, 9.17) is 0 Å². The predicted octanol–water partition coefficient (Wildman–Crippen LogP) is -0.426. The zero-order valence-corrected chi connectivity index (χ0v) is 9.38. The van der Waals surface area contributed by atoms with E-state index >= 15 is 0 Å². The highest BCUT2D eigenvalue weighted by Crippen LogP contribution is 2.09. The second kappa shape index (κ2) is 4.07. The number of rotatable bonds is 2. The Morgan fingerprint density at radius 3 is 3.06 bits per heavy atom. The Hall–Kier alpha value is -1.07. The third-order valence-electron chi connectivity index (χ3n) is 3.56. The van der Waals surface area contributed by atoms with Crippen LogP contribution in [0.1, 0.15) is 24.1 Å². The summed E-state index contributed by atoms with van der Waals surface area (Å²) in [6.45, 7) is 3.55. The van der Waals surface area contributed by atoms with Gasteiger partial charge in [0.15, 0.2) is 0 Å². The van der Waals surface area contributed by atoms with Crippen molar-refractivity contribution in [3.63, 3.8) is 0 Å². The molecule has 0 saturated carbocycles. The van der Waals surface area contributed by atoms with E-state index in [9.17, 15) is 4.79 Å². The Labute approximate surface area is 94.2 Å². The molecule has 1 fully saturated rings. The van der Waals surface area contributed by atoms with Crippen LogP contribution in [0.15, 0.2) is 4.79 Å². The Balaban J connectivity index is 1.84. The summed E-state index contributed by atoms with van der Waals surface area (Å²) < 4.78 is 1.78. The maximum Gasteiger partial charge on any atom is 0.271 e. The molecule has 0 bridgehead atoms. The van der Waals surface area contributed by atoms with E-state index in [-0.39, 0.29) is 5.56 Å². The molecular weight excluding hydrogens is 204 g/mol. The molecular formula is C11H18N4O. The number of hydrogen-bond donors (Lipinski definition) is 3. The number of aromatic nitrogens is 2. The van der Waals surface area contributed by atoms with Crippen LogP contribution < -0.4 is 16.2 Å². The van der Waals surface area contributed by atoms with Crippen LogP contribution in [-0.4, -0.2) is 28.9 Å². The van der Waals surface area contributed by atoms with E-state index in [1.54, 1.807) is 4.68 Å². The predicted molar refractivity (Wildman–Crippen MR) is 61.5 cm³/mol. The van der Waals surface area contributed by atoms with Crippen LogP contribution in [0.25, 0.3) is 0 Å². The van der Waals surface area contributed by atoms with Gasteiger partial charge in [-0.25, -0.2) is 0 Å². The van der Waals surface area contributed by atoms with Crippen LogP contribution in [-0.2, 0) is 19.5 Å². The van der Waals surface area contributed by atoms with Gasteiger partial charge in [0, 0.05) is 31.2 Å². The third-order valence-corrected chi connectivity index (χ3v) is 3.56. The van der Waals surface area contributed by atoms with Crippen molar-refractivity contribution in [2.45, 2.75) is 38.4 Å². The number of nitrogens with one attached hydrogen (secondary N) is 3. The summed E-state index contributed by atoms with van der Waals surface area (Å²) in [5, 5.41) is 9.91. The summed E-state index contributed by atoms with van der Waals surface area (Å²) in [4.78, 5) is 12.1. The zero-order valence-electron chi connectivity index (χ0n) is 9.38. The van der Waals surface area contributed by atoms with E-state index < -0.39 is 0 Å². The molecule has 1 aromatic heterocycles. The van der Waals surface area contributed by atoms with E-state index in [0.717, 1.165) is 43.9 Å². The number of nitrogens with zero attached hydrogens (tertiary/aromatic N) is 1. The minimum Gasteiger partial charge on any atom is -0.312 e. The van der Waals surface area contributed by atoms with Crippen molar-refractivity contribution in [1.29, 1.82) is 0 Å². The Morgan fingerprint density at radius 1 is 1.38 bits per heavy atom. The minimum atomic E-state index is 0.163. The van der Waals surface area contributed by atoms with Crippen molar-refractivity contribution in [3.05, 3.63) is 21.6 Å². The van der Waals surface area contributed by atoms with Gasteiger partial charge in [-0.3, -0.25) is 14.6 Å². The maximum atomic E-state index is 12.1. The van der Waals surface area contributed by atoms with Crippen LogP contribution in [0.4, 0.5) is 0 Å². The molecule has 0 aromatic carbocycles. The van der Waals surface area contributed by atoms with Crippen molar-refractivity contribution < 1.29 is 0 Å². The standard InChI is InChI=1S/C11H18N4O/c16-11-9-6-12-5-3-10(9)14-15(11)7-8-2-1-4-13-8/h8,12-14H,1-7H2. The normalized spacial score (nSPS) is 24.6. The molecule has 1 unspecified atom stereocenters. The van der Waals surface area contributed by atoms with E-state index in [0.29, 0.717) is 6.04 Å².